The summed E-state index contributed by atoms with van der Waals surface area (Å²) in [5.41, 5.74) is -0.616. The quantitative estimate of drug-likeness (QED) is 0.847. The standard InChI is InChI=1S/C10H12ClNO3/c1-10(2,3)15-7-5-4-6(11)8(12-7)9(13)14/h4-5H,1-3H3,(H,13,14). The molecular weight excluding hydrogens is 218 g/mol. The predicted molar refractivity (Wildman–Crippen MR) is 56.6 cm³/mol. The van der Waals surface area contributed by atoms with Gasteiger partial charge in [-0.3, -0.25) is 0 Å². The van der Waals surface area contributed by atoms with Crippen LogP contribution < -0.4 is 4.74 Å². The van der Waals surface area contributed by atoms with Crippen molar-refractivity contribution in [3.8, 4) is 5.88 Å². The van der Waals surface area contributed by atoms with Crippen LogP contribution in [0.15, 0.2) is 12.1 Å². The molecule has 1 rings (SSSR count). The van der Waals surface area contributed by atoms with E-state index in [1.807, 2.05) is 20.8 Å². The van der Waals surface area contributed by atoms with Gasteiger partial charge in [-0.1, -0.05) is 11.6 Å². The van der Waals surface area contributed by atoms with Gasteiger partial charge in [0.2, 0.25) is 5.88 Å². The highest BCUT2D eigenvalue weighted by Crippen LogP contribution is 2.21. The number of ether oxygens (including phenoxy) is 1. The molecule has 1 aromatic rings. The Morgan fingerprint density at radius 1 is 1.47 bits per heavy atom. The van der Waals surface area contributed by atoms with Crippen molar-refractivity contribution in [3.63, 3.8) is 0 Å². The van der Waals surface area contributed by atoms with E-state index in [0.29, 0.717) is 0 Å². The van der Waals surface area contributed by atoms with Crippen LogP contribution in [-0.4, -0.2) is 21.7 Å². The van der Waals surface area contributed by atoms with Crippen LogP contribution in [0.4, 0.5) is 0 Å². The molecule has 0 saturated carbocycles. The zero-order chi connectivity index (χ0) is 11.6. The Morgan fingerprint density at radius 3 is 2.53 bits per heavy atom. The summed E-state index contributed by atoms with van der Waals surface area (Å²) >= 11 is 5.66. The number of carboxylic acids is 1. The zero-order valence-corrected chi connectivity index (χ0v) is 9.50. The Kier molecular flexibility index (Phi) is 3.19. The topological polar surface area (TPSA) is 59.4 Å². The van der Waals surface area contributed by atoms with Crippen molar-refractivity contribution in [3.05, 3.63) is 22.8 Å². The average Bonchev–Trinajstić information content (AvgIpc) is 2.05. The summed E-state index contributed by atoms with van der Waals surface area (Å²) in [5.74, 6) is -0.913. The summed E-state index contributed by atoms with van der Waals surface area (Å²) in [6, 6.07) is 3.00. The first-order valence-corrected chi connectivity index (χ1v) is 4.76. The van der Waals surface area contributed by atoms with Crippen LogP contribution in [0.3, 0.4) is 0 Å². The lowest BCUT2D eigenvalue weighted by Gasteiger charge is -2.20. The lowest BCUT2D eigenvalue weighted by Crippen LogP contribution is -2.23. The summed E-state index contributed by atoms with van der Waals surface area (Å²) in [5, 5.41) is 8.89. The highest BCUT2D eigenvalue weighted by Gasteiger charge is 2.16. The number of aromatic carboxylic acids is 1. The Labute approximate surface area is 92.8 Å². The molecule has 0 atom stereocenters. The van der Waals surface area contributed by atoms with Crippen LogP contribution >= 0.6 is 11.6 Å². The van der Waals surface area contributed by atoms with Crippen molar-refractivity contribution in [2.24, 2.45) is 0 Å². The predicted octanol–water partition coefficient (Wildman–Crippen LogP) is 2.61. The van der Waals surface area contributed by atoms with Crippen LogP contribution in [0.2, 0.25) is 5.02 Å². The van der Waals surface area contributed by atoms with Crippen molar-refractivity contribution in [2.45, 2.75) is 26.4 Å². The minimum absolute atomic E-state index is 0.101. The van der Waals surface area contributed by atoms with Crippen LogP contribution in [0.25, 0.3) is 0 Å². The molecule has 1 heterocycles. The molecule has 1 N–H and O–H groups in total. The summed E-state index contributed by atoms with van der Waals surface area (Å²) in [6.07, 6.45) is 0. The molecule has 1 aromatic heterocycles. The minimum atomic E-state index is -1.17. The van der Waals surface area contributed by atoms with E-state index in [9.17, 15) is 4.79 Å². The summed E-state index contributed by atoms with van der Waals surface area (Å²) in [4.78, 5) is 14.5. The molecule has 0 spiro atoms. The molecule has 15 heavy (non-hydrogen) atoms. The van der Waals surface area contributed by atoms with E-state index in [2.05, 4.69) is 4.98 Å². The number of hydrogen-bond acceptors (Lipinski definition) is 3. The van der Waals surface area contributed by atoms with Gasteiger partial charge in [0.1, 0.15) is 5.60 Å². The number of hydrogen-bond donors (Lipinski definition) is 1. The van der Waals surface area contributed by atoms with Gasteiger partial charge >= 0.3 is 5.97 Å². The average molecular weight is 230 g/mol. The van der Waals surface area contributed by atoms with E-state index in [4.69, 9.17) is 21.4 Å². The third-order valence-electron chi connectivity index (χ3n) is 1.43. The van der Waals surface area contributed by atoms with E-state index in [-0.39, 0.29) is 16.6 Å². The number of carboxylic acid groups (broad SMARTS) is 1. The summed E-state index contributed by atoms with van der Waals surface area (Å²) in [7, 11) is 0. The maximum Gasteiger partial charge on any atom is 0.356 e. The van der Waals surface area contributed by atoms with E-state index in [1.54, 1.807) is 6.07 Å². The molecule has 0 amide bonds. The Bertz CT molecular complexity index is 385. The van der Waals surface area contributed by atoms with Gasteiger partial charge in [-0.2, -0.15) is 0 Å². The third-order valence-corrected chi connectivity index (χ3v) is 1.74. The van der Waals surface area contributed by atoms with Crippen LogP contribution in [0.5, 0.6) is 5.88 Å². The summed E-state index contributed by atoms with van der Waals surface area (Å²) < 4.78 is 5.41. The first-order valence-electron chi connectivity index (χ1n) is 4.38. The molecule has 0 saturated heterocycles. The van der Waals surface area contributed by atoms with E-state index < -0.39 is 11.6 Å². The van der Waals surface area contributed by atoms with Gasteiger partial charge in [0.05, 0.1) is 5.02 Å². The Hall–Kier alpha value is -1.29. The fraction of sp³-hybridized carbons (Fsp3) is 0.400. The maximum atomic E-state index is 10.7. The van der Waals surface area contributed by atoms with Crippen LogP contribution in [0.1, 0.15) is 31.3 Å². The Morgan fingerprint density at radius 2 is 2.07 bits per heavy atom. The molecular formula is C10H12ClNO3. The van der Waals surface area contributed by atoms with Crippen LogP contribution in [-0.2, 0) is 0 Å². The number of halogens is 1. The first kappa shape index (κ1) is 11.8. The van der Waals surface area contributed by atoms with Crippen LogP contribution in [0, 0.1) is 0 Å². The molecule has 0 aromatic carbocycles. The monoisotopic (exact) mass is 229 g/mol. The number of carbonyl (C=O) groups is 1. The highest BCUT2D eigenvalue weighted by atomic mass is 35.5. The van der Waals surface area contributed by atoms with Crippen molar-refractivity contribution < 1.29 is 14.6 Å². The lowest BCUT2D eigenvalue weighted by atomic mass is 10.2. The maximum absolute atomic E-state index is 10.7. The number of rotatable bonds is 2. The van der Waals surface area contributed by atoms with Gasteiger partial charge in [0, 0.05) is 6.07 Å². The van der Waals surface area contributed by atoms with Gasteiger partial charge in [-0.25, -0.2) is 9.78 Å². The molecule has 82 valence electrons. The van der Waals surface area contributed by atoms with E-state index in [0.717, 1.165) is 0 Å². The lowest BCUT2D eigenvalue weighted by molar-refractivity contribution is 0.0685. The number of nitrogens with zero attached hydrogens (tertiary/aromatic N) is 1. The molecule has 0 aliphatic rings. The Balaban J connectivity index is 3.03. The van der Waals surface area contributed by atoms with Gasteiger partial charge in [0.25, 0.3) is 0 Å². The normalized spacial score (nSPS) is 11.2. The van der Waals surface area contributed by atoms with Crippen molar-refractivity contribution in [1.82, 2.24) is 4.98 Å². The van der Waals surface area contributed by atoms with Gasteiger partial charge < -0.3 is 9.84 Å². The third kappa shape index (κ3) is 3.40. The smallest absolute Gasteiger partial charge is 0.356 e. The molecule has 0 aliphatic heterocycles. The minimum Gasteiger partial charge on any atom is -0.476 e. The number of pyridine rings is 1. The molecule has 0 aliphatic carbocycles. The van der Waals surface area contributed by atoms with E-state index in [1.165, 1.54) is 6.07 Å². The zero-order valence-electron chi connectivity index (χ0n) is 8.74. The fourth-order valence-electron chi connectivity index (χ4n) is 0.945. The van der Waals surface area contributed by atoms with Crippen molar-refractivity contribution >= 4 is 17.6 Å². The second kappa shape index (κ2) is 4.06. The van der Waals surface area contributed by atoms with Gasteiger partial charge in [0.15, 0.2) is 5.69 Å². The van der Waals surface area contributed by atoms with Gasteiger partial charge in [-0.05, 0) is 26.8 Å². The molecule has 0 fully saturated rings. The fourth-order valence-corrected chi connectivity index (χ4v) is 1.13. The summed E-state index contributed by atoms with van der Waals surface area (Å²) in [6.45, 7) is 5.55. The first-order chi connectivity index (χ1) is 6.79. The van der Waals surface area contributed by atoms with E-state index >= 15 is 0 Å². The van der Waals surface area contributed by atoms with Crippen molar-refractivity contribution in [2.75, 3.05) is 0 Å². The molecule has 4 nitrogen and oxygen atoms in total. The highest BCUT2D eigenvalue weighted by molar-refractivity contribution is 6.33. The largest absolute Gasteiger partial charge is 0.476 e. The van der Waals surface area contributed by atoms with Gasteiger partial charge in [-0.15, -0.1) is 0 Å². The molecule has 5 heteroatoms. The number of aromatic nitrogens is 1. The molecule has 0 unspecified atom stereocenters. The second-order valence-electron chi connectivity index (χ2n) is 4.00. The van der Waals surface area contributed by atoms with Crippen molar-refractivity contribution in [1.29, 1.82) is 0 Å². The SMILES string of the molecule is CC(C)(C)Oc1ccc(Cl)c(C(=O)O)n1. The molecule has 0 radical (unpaired) electrons. The second-order valence-corrected chi connectivity index (χ2v) is 4.41. The molecule has 0 bridgehead atoms.